The van der Waals surface area contributed by atoms with E-state index in [0.717, 1.165) is 26.0 Å². The summed E-state index contributed by atoms with van der Waals surface area (Å²) in [5.41, 5.74) is 3.34. The topological polar surface area (TPSA) is 59.1 Å². The summed E-state index contributed by atoms with van der Waals surface area (Å²) < 4.78 is 24.7. The van der Waals surface area contributed by atoms with Gasteiger partial charge in [0.15, 0.2) is 0 Å². The van der Waals surface area contributed by atoms with Crippen LogP contribution in [0.25, 0.3) is 21.1 Å². The molecule has 0 amide bonds. The molecule has 0 aliphatic carbocycles. The van der Waals surface area contributed by atoms with Gasteiger partial charge in [0, 0.05) is 22.4 Å². The lowest BCUT2D eigenvalue weighted by Crippen LogP contribution is -2.23. The van der Waals surface area contributed by atoms with E-state index in [2.05, 4.69) is 41.3 Å². The number of rotatable bonds is 6. The van der Waals surface area contributed by atoms with E-state index in [-0.39, 0.29) is 0 Å². The molecule has 0 fully saturated rings. The number of aromatic nitrogens is 1. The summed E-state index contributed by atoms with van der Waals surface area (Å²) in [5.74, 6) is 0. The Morgan fingerprint density at radius 3 is 2.79 bits per heavy atom. The first-order valence-corrected chi connectivity index (χ1v) is 11.1. The Morgan fingerprint density at radius 1 is 1.21 bits per heavy atom. The van der Waals surface area contributed by atoms with Gasteiger partial charge in [-0.15, -0.1) is 22.7 Å². The zero-order chi connectivity index (χ0) is 17.2. The van der Waals surface area contributed by atoms with Gasteiger partial charge in [0.25, 0.3) is 0 Å². The highest BCUT2D eigenvalue weighted by atomic mass is 32.2. The van der Waals surface area contributed by atoms with Gasteiger partial charge in [-0.3, -0.25) is 0 Å². The van der Waals surface area contributed by atoms with Crippen molar-refractivity contribution in [3.05, 3.63) is 52.2 Å². The fourth-order valence-electron chi connectivity index (χ4n) is 2.31. The summed E-state index contributed by atoms with van der Waals surface area (Å²) in [6.07, 6.45) is 1.86. The van der Waals surface area contributed by atoms with Crippen molar-refractivity contribution in [2.24, 2.45) is 0 Å². The van der Waals surface area contributed by atoms with Gasteiger partial charge in [-0.1, -0.05) is 23.8 Å². The third-order valence-corrected chi connectivity index (χ3v) is 6.21. The third kappa shape index (κ3) is 4.51. The average Bonchev–Trinajstić information content (AvgIpc) is 3.14. The summed E-state index contributed by atoms with van der Waals surface area (Å²) in [6.45, 7) is 2.50. The van der Waals surface area contributed by atoms with E-state index in [0.29, 0.717) is 13.0 Å². The maximum Gasteiger partial charge on any atom is 0.208 e. The number of aryl methyl sites for hydroxylation is 1. The molecule has 0 saturated carbocycles. The number of hydrogen-bond donors (Lipinski definition) is 1. The highest BCUT2D eigenvalue weighted by molar-refractivity contribution is 7.88. The minimum atomic E-state index is -3.13. The molecule has 1 N–H and O–H groups in total. The van der Waals surface area contributed by atoms with Crippen LogP contribution < -0.4 is 4.72 Å². The number of sulfonamides is 1. The van der Waals surface area contributed by atoms with Crippen LogP contribution in [0.2, 0.25) is 0 Å². The molecule has 24 heavy (non-hydrogen) atoms. The summed E-state index contributed by atoms with van der Waals surface area (Å²) in [7, 11) is -3.13. The Balaban J connectivity index is 1.72. The van der Waals surface area contributed by atoms with Crippen LogP contribution >= 0.6 is 22.7 Å². The molecule has 0 saturated heterocycles. The minimum absolute atomic E-state index is 0.421. The molecule has 1 aromatic carbocycles. The molecular weight excluding hydrogens is 360 g/mol. The van der Waals surface area contributed by atoms with Gasteiger partial charge in [0.05, 0.1) is 16.8 Å². The first kappa shape index (κ1) is 17.3. The van der Waals surface area contributed by atoms with E-state index < -0.39 is 10.0 Å². The molecule has 2 aromatic heterocycles. The molecule has 126 valence electrons. The second-order valence-electron chi connectivity index (χ2n) is 5.59. The maximum absolute atomic E-state index is 11.1. The molecule has 4 nitrogen and oxygen atoms in total. The number of thiophene rings is 1. The molecular formula is C17H18N2O2S3. The van der Waals surface area contributed by atoms with Crippen LogP contribution in [0.1, 0.15) is 10.4 Å². The lowest BCUT2D eigenvalue weighted by atomic mass is 10.1. The van der Waals surface area contributed by atoms with Crippen LogP contribution in [0.4, 0.5) is 0 Å². The van der Waals surface area contributed by atoms with Gasteiger partial charge in [-0.05, 0) is 31.5 Å². The SMILES string of the molecule is Cc1cccc(-c2nc(-c3ccc(CCNS(C)(=O)=O)s3)cs2)c1. The van der Waals surface area contributed by atoms with Gasteiger partial charge in [0.1, 0.15) is 5.01 Å². The predicted molar refractivity (Wildman–Crippen MR) is 102 cm³/mol. The summed E-state index contributed by atoms with van der Waals surface area (Å²) in [5, 5.41) is 3.09. The number of benzene rings is 1. The molecule has 7 heteroatoms. The molecule has 0 radical (unpaired) electrons. The molecule has 0 atom stereocenters. The normalized spacial score (nSPS) is 11.8. The maximum atomic E-state index is 11.1. The zero-order valence-electron chi connectivity index (χ0n) is 13.4. The van der Waals surface area contributed by atoms with Crippen molar-refractivity contribution in [1.82, 2.24) is 9.71 Å². The van der Waals surface area contributed by atoms with Gasteiger partial charge < -0.3 is 0 Å². The van der Waals surface area contributed by atoms with Crippen LogP contribution in [0.5, 0.6) is 0 Å². The lowest BCUT2D eigenvalue weighted by Gasteiger charge is -1.99. The number of hydrogen-bond acceptors (Lipinski definition) is 5. The molecule has 0 aliphatic rings. The number of nitrogens with one attached hydrogen (secondary N) is 1. The second-order valence-corrected chi connectivity index (χ2v) is 9.45. The van der Waals surface area contributed by atoms with Crippen molar-refractivity contribution in [3.63, 3.8) is 0 Å². The first-order valence-electron chi connectivity index (χ1n) is 7.47. The van der Waals surface area contributed by atoms with Crippen molar-refractivity contribution in [2.75, 3.05) is 12.8 Å². The molecule has 2 heterocycles. The van der Waals surface area contributed by atoms with Gasteiger partial charge in [-0.25, -0.2) is 18.1 Å². The largest absolute Gasteiger partial charge is 0.235 e. The van der Waals surface area contributed by atoms with Crippen LogP contribution in [0.3, 0.4) is 0 Å². The van der Waals surface area contributed by atoms with E-state index in [4.69, 9.17) is 4.98 Å². The number of thiazole rings is 1. The minimum Gasteiger partial charge on any atom is -0.235 e. The summed E-state index contributed by atoms with van der Waals surface area (Å²) in [6, 6.07) is 12.4. The van der Waals surface area contributed by atoms with Gasteiger partial charge >= 0.3 is 0 Å². The Bertz CT molecular complexity index is 942. The summed E-state index contributed by atoms with van der Waals surface area (Å²) >= 11 is 3.30. The van der Waals surface area contributed by atoms with E-state index in [9.17, 15) is 8.42 Å². The van der Waals surface area contributed by atoms with Crippen LogP contribution in [-0.4, -0.2) is 26.2 Å². The first-order chi connectivity index (χ1) is 11.4. The van der Waals surface area contributed by atoms with Crippen molar-refractivity contribution in [3.8, 4) is 21.1 Å². The Hall–Kier alpha value is -1.54. The number of nitrogens with zero attached hydrogens (tertiary/aromatic N) is 1. The molecule has 0 aliphatic heterocycles. The third-order valence-electron chi connectivity index (χ3n) is 3.42. The second kappa shape index (κ2) is 7.14. The van der Waals surface area contributed by atoms with E-state index in [1.807, 2.05) is 12.1 Å². The highest BCUT2D eigenvalue weighted by Gasteiger charge is 2.10. The molecule has 0 unspecified atom stereocenters. The molecule has 0 spiro atoms. The fraction of sp³-hybridized carbons (Fsp3) is 0.235. The molecule has 0 bridgehead atoms. The van der Waals surface area contributed by atoms with E-state index >= 15 is 0 Å². The van der Waals surface area contributed by atoms with Crippen LogP contribution in [0, 0.1) is 6.92 Å². The molecule has 3 aromatic rings. The van der Waals surface area contributed by atoms with Crippen molar-refractivity contribution in [2.45, 2.75) is 13.3 Å². The predicted octanol–water partition coefficient (Wildman–Crippen LogP) is 3.94. The average molecular weight is 379 g/mol. The van der Waals surface area contributed by atoms with E-state index in [1.165, 1.54) is 11.8 Å². The fourth-order valence-corrected chi connectivity index (χ4v) is 4.64. The van der Waals surface area contributed by atoms with Gasteiger partial charge in [0.2, 0.25) is 10.0 Å². The van der Waals surface area contributed by atoms with Crippen LogP contribution in [-0.2, 0) is 16.4 Å². The lowest BCUT2D eigenvalue weighted by molar-refractivity contribution is 0.588. The Morgan fingerprint density at radius 2 is 2.04 bits per heavy atom. The Kier molecular flexibility index (Phi) is 5.15. The quantitative estimate of drug-likeness (QED) is 0.707. The molecule has 3 rings (SSSR count). The highest BCUT2D eigenvalue weighted by Crippen LogP contribution is 2.33. The van der Waals surface area contributed by atoms with Crippen molar-refractivity contribution in [1.29, 1.82) is 0 Å². The van der Waals surface area contributed by atoms with E-state index in [1.54, 1.807) is 22.7 Å². The van der Waals surface area contributed by atoms with Crippen LogP contribution in [0.15, 0.2) is 41.8 Å². The monoisotopic (exact) mass is 378 g/mol. The zero-order valence-corrected chi connectivity index (χ0v) is 15.9. The Labute approximate surface area is 150 Å². The smallest absolute Gasteiger partial charge is 0.208 e. The standard InChI is InChI=1S/C17H18N2O2S3/c1-12-4-3-5-13(10-12)17-19-15(11-22-17)16-7-6-14(23-16)8-9-18-24(2,20)21/h3-7,10-11,18H,8-9H2,1-2H3. The van der Waals surface area contributed by atoms with Crippen molar-refractivity contribution < 1.29 is 8.42 Å². The van der Waals surface area contributed by atoms with Gasteiger partial charge in [-0.2, -0.15) is 0 Å². The summed E-state index contributed by atoms with van der Waals surface area (Å²) in [4.78, 5) is 7.00. The van der Waals surface area contributed by atoms with Crippen molar-refractivity contribution >= 4 is 32.7 Å².